The molecule has 0 aliphatic rings. The summed E-state index contributed by atoms with van der Waals surface area (Å²) in [7, 11) is 0. The van der Waals surface area contributed by atoms with Crippen LogP contribution in [0.15, 0.2) is 47.3 Å². The van der Waals surface area contributed by atoms with E-state index >= 15 is 0 Å². The first-order valence-corrected chi connectivity index (χ1v) is 7.70. The highest BCUT2D eigenvalue weighted by Crippen LogP contribution is 2.25. The monoisotopic (exact) mass is 373 g/mol. The zero-order valence-electron chi connectivity index (χ0n) is 13.5. The lowest BCUT2D eigenvalue weighted by Gasteiger charge is -2.08. The zero-order chi connectivity index (χ0) is 18.8. The Kier molecular flexibility index (Phi) is 4.37. The molecule has 3 heterocycles. The van der Waals surface area contributed by atoms with Crippen molar-refractivity contribution in [2.24, 2.45) is 0 Å². The molecule has 0 bridgehead atoms. The maximum Gasteiger partial charge on any atom is 0.314 e. The molecule has 0 saturated carbocycles. The second kappa shape index (κ2) is 6.98. The van der Waals surface area contributed by atoms with Crippen molar-refractivity contribution in [3.05, 3.63) is 60.3 Å². The number of alkyl halides is 2. The zero-order valence-corrected chi connectivity index (χ0v) is 13.5. The van der Waals surface area contributed by atoms with Gasteiger partial charge in [0.05, 0.1) is 11.1 Å². The Labute approximate surface area is 149 Å². The van der Waals surface area contributed by atoms with E-state index in [-0.39, 0.29) is 23.8 Å². The molecule has 0 saturated heterocycles. The van der Waals surface area contributed by atoms with E-state index in [0.29, 0.717) is 16.8 Å². The Balaban J connectivity index is 1.54. The first-order valence-electron chi connectivity index (χ1n) is 7.70. The van der Waals surface area contributed by atoms with Gasteiger partial charge in [0.2, 0.25) is 5.89 Å². The van der Waals surface area contributed by atoms with Crippen molar-refractivity contribution in [3.63, 3.8) is 0 Å². The van der Waals surface area contributed by atoms with E-state index in [1.54, 1.807) is 24.4 Å². The molecule has 0 spiro atoms. The van der Waals surface area contributed by atoms with Gasteiger partial charge in [0, 0.05) is 18.6 Å². The molecule has 1 aromatic carbocycles. The summed E-state index contributed by atoms with van der Waals surface area (Å²) in [6.45, 7) is -0.159. The van der Waals surface area contributed by atoms with Gasteiger partial charge in [0.25, 0.3) is 5.89 Å². The van der Waals surface area contributed by atoms with E-state index in [9.17, 15) is 13.2 Å². The number of hydrogen-bond donors (Lipinski definition) is 0. The highest BCUT2D eigenvalue weighted by molar-refractivity contribution is 5.80. The number of halogens is 3. The minimum atomic E-state index is -2.90. The lowest BCUT2D eigenvalue weighted by molar-refractivity contribution is 0.116. The maximum atomic E-state index is 14.3. The van der Waals surface area contributed by atoms with Gasteiger partial charge >= 0.3 is 6.43 Å². The van der Waals surface area contributed by atoms with Crippen molar-refractivity contribution in [2.45, 2.75) is 13.0 Å². The highest BCUT2D eigenvalue weighted by Gasteiger charge is 2.18. The summed E-state index contributed by atoms with van der Waals surface area (Å²) < 4.78 is 49.7. The quantitative estimate of drug-likeness (QED) is 0.527. The van der Waals surface area contributed by atoms with Crippen LogP contribution in [0.3, 0.4) is 0 Å². The van der Waals surface area contributed by atoms with Gasteiger partial charge in [-0.15, -0.1) is 10.2 Å². The summed E-state index contributed by atoms with van der Waals surface area (Å²) in [4.78, 5) is 12.3. The molecule has 0 aliphatic carbocycles. The van der Waals surface area contributed by atoms with Gasteiger partial charge in [0.1, 0.15) is 29.4 Å². The number of rotatable bonds is 5. The van der Waals surface area contributed by atoms with Gasteiger partial charge < -0.3 is 9.15 Å². The molecule has 4 rings (SSSR count). The van der Waals surface area contributed by atoms with Crippen LogP contribution in [0.2, 0.25) is 0 Å². The maximum absolute atomic E-state index is 14.3. The molecule has 0 atom stereocenters. The number of nitrogens with zero attached hydrogens (tertiary/aromatic N) is 5. The van der Waals surface area contributed by atoms with E-state index in [1.165, 1.54) is 12.4 Å². The van der Waals surface area contributed by atoms with Crippen molar-refractivity contribution < 1.29 is 22.3 Å². The van der Waals surface area contributed by atoms with Gasteiger partial charge in [-0.1, -0.05) is 6.07 Å². The summed E-state index contributed by atoms with van der Waals surface area (Å²) in [5.74, 6) is -1.34. The molecule has 0 amide bonds. The summed E-state index contributed by atoms with van der Waals surface area (Å²) in [6.07, 6.45) is 1.43. The largest absolute Gasteiger partial charge is 0.485 e. The Bertz CT molecular complexity index is 1100. The number of pyridine rings is 1. The first kappa shape index (κ1) is 16.9. The van der Waals surface area contributed by atoms with Gasteiger partial charge in [-0.2, -0.15) is 8.78 Å². The Hall–Kier alpha value is -3.56. The first-order chi connectivity index (χ1) is 13.1. The van der Waals surface area contributed by atoms with Gasteiger partial charge in [0.15, 0.2) is 0 Å². The van der Waals surface area contributed by atoms with Crippen LogP contribution in [0.4, 0.5) is 13.2 Å². The smallest absolute Gasteiger partial charge is 0.314 e. The summed E-state index contributed by atoms with van der Waals surface area (Å²) >= 11 is 0. The van der Waals surface area contributed by atoms with E-state index < -0.39 is 18.1 Å². The number of fused-ring (bicyclic) bond motifs is 1. The second-order valence-corrected chi connectivity index (χ2v) is 5.37. The van der Waals surface area contributed by atoms with Crippen LogP contribution in [0.5, 0.6) is 5.75 Å². The third kappa shape index (κ3) is 3.41. The fourth-order valence-electron chi connectivity index (χ4n) is 2.36. The predicted molar refractivity (Wildman–Crippen MR) is 86.3 cm³/mol. The summed E-state index contributed by atoms with van der Waals surface area (Å²) in [5.41, 5.74) is 1.30. The lowest BCUT2D eigenvalue weighted by Crippen LogP contribution is -2.03. The summed E-state index contributed by atoms with van der Waals surface area (Å²) in [6, 6.07) is 6.28. The van der Waals surface area contributed by atoms with E-state index in [4.69, 9.17) is 9.15 Å². The van der Waals surface area contributed by atoms with E-state index in [0.717, 1.165) is 6.07 Å². The van der Waals surface area contributed by atoms with Crippen LogP contribution in [0, 0.1) is 5.82 Å². The van der Waals surface area contributed by atoms with Crippen molar-refractivity contribution in [2.75, 3.05) is 0 Å². The molecule has 10 heteroatoms. The lowest BCUT2D eigenvalue weighted by atomic mass is 10.2. The molecule has 0 aliphatic heterocycles. The number of aromatic nitrogens is 5. The highest BCUT2D eigenvalue weighted by atomic mass is 19.3. The molecule has 0 radical (unpaired) electrons. The molecular formula is C17H10F3N5O2. The number of hydrogen-bond acceptors (Lipinski definition) is 7. The van der Waals surface area contributed by atoms with Gasteiger partial charge in [-0.3, -0.25) is 9.97 Å². The summed E-state index contributed by atoms with van der Waals surface area (Å²) in [5, 5.41) is 6.65. The van der Waals surface area contributed by atoms with Crippen molar-refractivity contribution in [1.82, 2.24) is 25.1 Å². The number of benzene rings is 1. The molecule has 27 heavy (non-hydrogen) atoms. The van der Waals surface area contributed by atoms with Crippen LogP contribution < -0.4 is 4.74 Å². The number of para-hydroxylation sites is 1. The van der Waals surface area contributed by atoms with Crippen molar-refractivity contribution in [3.8, 4) is 17.2 Å². The molecule has 0 unspecified atom stereocenters. The average Bonchev–Trinajstić information content (AvgIpc) is 3.17. The van der Waals surface area contributed by atoms with Crippen LogP contribution >= 0.6 is 0 Å². The van der Waals surface area contributed by atoms with Crippen molar-refractivity contribution >= 4 is 11.0 Å². The average molecular weight is 373 g/mol. The molecule has 0 N–H and O–H groups in total. The van der Waals surface area contributed by atoms with Crippen LogP contribution in [0.1, 0.15) is 18.0 Å². The van der Waals surface area contributed by atoms with E-state index in [1.807, 2.05) is 0 Å². The second-order valence-electron chi connectivity index (χ2n) is 5.37. The van der Waals surface area contributed by atoms with Gasteiger partial charge in [-0.05, 0) is 18.2 Å². The molecule has 4 aromatic rings. The van der Waals surface area contributed by atoms with E-state index in [2.05, 4.69) is 25.1 Å². The topological polar surface area (TPSA) is 86.8 Å². The fraction of sp³-hybridized carbons (Fsp3) is 0.118. The third-order valence-corrected chi connectivity index (χ3v) is 3.62. The third-order valence-electron chi connectivity index (χ3n) is 3.62. The fourth-order valence-corrected chi connectivity index (χ4v) is 2.36. The predicted octanol–water partition coefficient (Wildman–Crippen LogP) is 3.73. The number of ether oxygens (including phenoxy) is 1. The Morgan fingerprint density at radius 1 is 1.07 bits per heavy atom. The molecule has 7 nitrogen and oxygen atoms in total. The molecule has 136 valence electrons. The van der Waals surface area contributed by atoms with Crippen LogP contribution in [0.25, 0.3) is 22.5 Å². The normalized spacial score (nSPS) is 11.3. The Morgan fingerprint density at radius 2 is 1.93 bits per heavy atom. The van der Waals surface area contributed by atoms with Gasteiger partial charge in [-0.25, -0.2) is 9.37 Å². The minimum absolute atomic E-state index is 0.0215. The van der Waals surface area contributed by atoms with Crippen molar-refractivity contribution in [1.29, 1.82) is 0 Å². The van der Waals surface area contributed by atoms with Crippen LogP contribution in [-0.2, 0) is 6.61 Å². The standard InChI is InChI=1S/C17H10F3N5O2/c18-10-6-9(16-24-25-17(27-16)15(19)20)7-23-12(10)8-26-13-3-1-2-11-14(13)22-5-4-21-11/h1-7,15H,8H2. The SMILES string of the molecule is Fc1cc(-c2nnc(C(F)F)o2)cnc1COc1cccc2nccnc12. The Morgan fingerprint density at radius 3 is 2.70 bits per heavy atom. The molecule has 0 fully saturated rings. The van der Waals surface area contributed by atoms with Crippen LogP contribution in [-0.4, -0.2) is 25.1 Å². The minimum Gasteiger partial charge on any atom is -0.485 e. The molecular weight excluding hydrogens is 363 g/mol. The molecule has 3 aromatic heterocycles.